The number of nitroso groups, excluding NO2 is 1. The van der Waals surface area contributed by atoms with Gasteiger partial charge in [0.25, 0.3) is 0 Å². The smallest absolute Gasteiger partial charge is 0.379 e. The number of aromatic nitrogens is 2. The van der Waals surface area contributed by atoms with Crippen LogP contribution in [0.5, 0.6) is 0 Å². The third kappa shape index (κ3) is 4.45. The van der Waals surface area contributed by atoms with Crippen molar-refractivity contribution >= 4 is 29.1 Å². The summed E-state index contributed by atoms with van der Waals surface area (Å²) in [5.41, 5.74) is 8.97. The average molecular weight is 409 g/mol. The maximum Gasteiger partial charge on any atom is 0.410 e. The van der Waals surface area contributed by atoms with Gasteiger partial charge in [-0.15, -0.1) is 11.8 Å². The number of anilines is 1. The molecule has 1 aliphatic heterocycles. The van der Waals surface area contributed by atoms with E-state index in [1.54, 1.807) is 30.1 Å². The number of nitrogens with two attached hydrogens (primary N) is 1. The number of hydrogen-bond donors (Lipinski definition) is 2. The maximum absolute atomic E-state index is 12.8. The molecule has 0 amide bonds. The third-order valence-electron chi connectivity index (χ3n) is 4.59. The molecule has 0 atom stereocenters. The van der Waals surface area contributed by atoms with Crippen LogP contribution in [0.4, 0.5) is 17.3 Å². The van der Waals surface area contributed by atoms with E-state index in [2.05, 4.69) is 15.3 Å². The summed E-state index contributed by atoms with van der Waals surface area (Å²) in [5, 5.41) is 3.60. The fourth-order valence-corrected chi connectivity index (χ4v) is 3.94. The van der Waals surface area contributed by atoms with Crippen LogP contribution in [0.15, 0.2) is 59.6 Å². The summed E-state index contributed by atoms with van der Waals surface area (Å²) in [6.07, 6.45) is 1.59. The van der Waals surface area contributed by atoms with Crippen LogP contribution < -0.4 is 15.8 Å². The Morgan fingerprint density at radius 1 is 1.17 bits per heavy atom. The topological polar surface area (TPSA) is 93.1 Å². The molecule has 3 aromatic rings. The summed E-state index contributed by atoms with van der Waals surface area (Å²) in [7, 11) is 1.88. The minimum atomic E-state index is 0.0916. The molecular weight excluding hydrogens is 386 g/mol. The van der Waals surface area contributed by atoms with Gasteiger partial charge in [0.05, 0.1) is 24.7 Å². The molecule has 0 radical (unpaired) electrons. The van der Waals surface area contributed by atoms with Crippen molar-refractivity contribution in [3.05, 3.63) is 65.2 Å². The fourth-order valence-electron chi connectivity index (χ4n) is 2.93. The van der Waals surface area contributed by atoms with Gasteiger partial charge in [0.2, 0.25) is 11.5 Å². The van der Waals surface area contributed by atoms with Gasteiger partial charge in [-0.1, -0.05) is 17.0 Å². The number of ether oxygens (including phenoxy) is 1. The van der Waals surface area contributed by atoms with Crippen molar-refractivity contribution < 1.29 is 4.74 Å². The molecule has 2 aromatic carbocycles. The van der Waals surface area contributed by atoms with Crippen LogP contribution in [-0.4, -0.2) is 35.5 Å². The van der Waals surface area contributed by atoms with E-state index in [9.17, 15) is 4.91 Å². The van der Waals surface area contributed by atoms with E-state index >= 15 is 0 Å². The lowest BCUT2D eigenvalue weighted by Crippen LogP contribution is -2.29. The highest BCUT2D eigenvalue weighted by atomic mass is 32.2. The van der Waals surface area contributed by atoms with E-state index < -0.39 is 0 Å². The molecule has 7 nitrogen and oxygen atoms in total. The van der Waals surface area contributed by atoms with Crippen molar-refractivity contribution in [3.8, 4) is 11.3 Å². The van der Waals surface area contributed by atoms with Gasteiger partial charge in [0.15, 0.2) is 5.69 Å². The molecule has 0 unspecified atom stereocenters. The first-order chi connectivity index (χ1) is 14.1. The summed E-state index contributed by atoms with van der Waals surface area (Å²) in [4.78, 5) is 22.7. The first-order valence-corrected chi connectivity index (χ1v) is 10.2. The monoisotopic (exact) mass is 408 g/mol. The quantitative estimate of drug-likeness (QED) is 0.578. The Kier molecular flexibility index (Phi) is 5.84. The zero-order valence-corrected chi connectivity index (χ0v) is 16.9. The highest BCUT2D eigenvalue weighted by Gasteiger charge is 2.25. The SMILES string of the molecule is CNCc1ccc([N+](=O)c2nc(-c3ccc(SC4COC4)cc3)cnc2N)cc1. The van der Waals surface area contributed by atoms with E-state index in [0.717, 1.165) is 35.6 Å². The predicted molar refractivity (Wildman–Crippen MR) is 116 cm³/mol. The summed E-state index contributed by atoms with van der Waals surface area (Å²) < 4.78 is 5.93. The first kappa shape index (κ1) is 19.5. The second-order valence-corrected chi connectivity index (χ2v) is 8.13. The molecule has 1 aliphatic rings. The van der Waals surface area contributed by atoms with Crippen molar-refractivity contribution in [3.63, 3.8) is 0 Å². The largest absolute Gasteiger partial charge is 0.410 e. The van der Waals surface area contributed by atoms with Crippen molar-refractivity contribution in [2.24, 2.45) is 0 Å². The van der Waals surface area contributed by atoms with E-state index in [4.69, 9.17) is 10.5 Å². The third-order valence-corrected chi connectivity index (χ3v) is 5.74. The Balaban J connectivity index is 1.55. The fraction of sp³-hybridized carbons (Fsp3) is 0.238. The predicted octanol–water partition coefficient (Wildman–Crippen LogP) is 3.54. The summed E-state index contributed by atoms with van der Waals surface area (Å²) in [6.45, 7) is 2.33. The zero-order valence-electron chi connectivity index (χ0n) is 16.0. The van der Waals surface area contributed by atoms with E-state index in [1.165, 1.54) is 4.90 Å². The number of thioether (sulfide) groups is 1. The Hall–Kier alpha value is -2.81. The van der Waals surface area contributed by atoms with Gasteiger partial charge in [-0.25, -0.2) is 4.98 Å². The van der Waals surface area contributed by atoms with Gasteiger partial charge in [-0.3, -0.25) is 0 Å². The van der Waals surface area contributed by atoms with E-state index in [-0.39, 0.29) is 11.6 Å². The molecule has 148 valence electrons. The van der Waals surface area contributed by atoms with Crippen LogP contribution in [-0.2, 0) is 11.3 Å². The molecule has 1 saturated heterocycles. The number of nitrogens with one attached hydrogen (secondary N) is 1. The van der Waals surface area contributed by atoms with Gasteiger partial charge in [0, 0.05) is 21.8 Å². The number of nitrogens with zero attached hydrogens (tertiary/aromatic N) is 3. The van der Waals surface area contributed by atoms with Gasteiger partial charge < -0.3 is 15.8 Å². The molecule has 29 heavy (non-hydrogen) atoms. The molecule has 1 aromatic heterocycles. The van der Waals surface area contributed by atoms with Crippen molar-refractivity contribution in [1.29, 1.82) is 0 Å². The second-order valence-electron chi connectivity index (χ2n) is 6.76. The van der Waals surface area contributed by atoms with Crippen LogP contribution in [0.25, 0.3) is 11.3 Å². The van der Waals surface area contributed by atoms with Gasteiger partial charge in [0.1, 0.15) is 0 Å². The maximum atomic E-state index is 12.8. The minimum absolute atomic E-state index is 0.0916. The molecule has 2 heterocycles. The number of hydrogen-bond acceptors (Lipinski definition) is 7. The van der Waals surface area contributed by atoms with Crippen LogP contribution in [0.3, 0.4) is 0 Å². The Morgan fingerprint density at radius 2 is 1.90 bits per heavy atom. The molecule has 0 bridgehead atoms. The van der Waals surface area contributed by atoms with Crippen molar-refractivity contribution in [2.45, 2.75) is 16.7 Å². The standard InChI is InChI=1S/C21H22N5O2S/c1-23-10-14-2-6-16(7-3-14)26(27)21-20(22)24-11-19(25-21)15-4-8-17(9-5-15)29-18-12-28-13-18/h2-9,11,18,23H,10,12-13H2,1H3,(H2,22,24)/q+1. The summed E-state index contributed by atoms with van der Waals surface area (Å²) >= 11 is 1.80. The first-order valence-electron chi connectivity index (χ1n) is 9.32. The molecule has 0 saturated carbocycles. The highest BCUT2D eigenvalue weighted by molar-refractivity contribution is 8.00. The van der Waals surface area contributed by atoms with Crippen LogP contribution >= 0.6 is 11.8 Å². The summed E-state index contributed by atoms with van der Waals surface area (Å²) in [5.74, 6) is 0.189. The molecule has 8 heteroatoms. The van der Waals surface area contributed by atoms with E-state index in [0.29, 0.717) is 16.6 Å². The van der Waals surface area contributed by atoms with E-state index in [1.807, 2.05) is 43.4 Å². The Bertz CT molecular complexity index is 1000. The van der Waals surface area contributed by atoms with Gasteiger partial charge >= 0.3 is 5.82 Å². The second kappa shape index (κ2) is 8.69. The van der Waals surface area contributed by atoms with Crippen LogP contribution in [0, 0.1) is 4.91 Å². The molecule has 4 rings (SSSR count). The number of rotatable bonds is 7. The van der Waals surface area contributed by atoms with Crippen molar-refractivity contribution in [2.75, 3.05) is 26.0 Å². The molecular formula is C21H22N5O2S+. The normalized spacial score (nSPS) is 13.8. The molecule has 0 spiro atoms. The lowest BCUT2D eigenvalue weighted by molar-refractivity contribution is 0.0455. The van der Waals surface area contributed by atoms with Gasteiger partial charge in [-0.05, 0) is 54.0 Å². The highest BCUT2D eigenvalue weighted by Crippen LogP contribution is 2.31. The zero-order chi connectivity index (χ0) is 20.2. The lowest BCUT2D eigenvalue weighted by atomic mass is 10.1. The molecule has 0 aliphatic carbocycles. The molecule has 3 N–H and O–H groups in total. The summed E-state index contributed by atoms with van der Waals surface area (Å²) in [6, 6.07) is 15.4. The number of nitrogen functional groups attached to an aromatic ring is 1. The lowest BCUT2D eigenvalue weighted by Gasteiger charge is -2.25. The average Bonchev–Trinajstić information content (AvgIpc) is 2.72. The van der Waals surface area contributed by atoms with Crippen LogP contribution in [0.2, 0.25) is 0 Å². The van der Waals surface area contributed by atoms with Crippen LogP contribution in [0.1, 0.15) is 5.56 Å². The minimum Gasteiger partial charge on any atom is -0.379 e. The Labute approximate surface area is 173 Å². The molecule has 1 fully saturated rings. The van der Waals surface area contributed by atoms with Crippen molar-refractivity contribution in [1.82, 2.24) is 20.0 Å². The van der Waals surface area contributed by atoms with Gasteiger partial charge in [-0.2, -0.15) is 0 Å². The Morgan fingerprint density at radius 3 is 2.52 bits per heavy atom. The number of benzene rings is 2.